The second kappa shape index (κ2) is 5.03. The van der Waals surface area contributed by atoms with Crippen LogP contribution in [0.2, 0.25) is 0 Å². The van der Waals surface area contributed by atoms with Crippen LogP contribution >= 0.6 is 0 Å². The number of aromatic nitrogens is 2. The standard InChI is InChI=1S/C15H18FN3/c1-11-3-2-8-19(10-11)15-5-4-12(9-13(15)16)14-6-7-17-18-14/h4-7,9,11H,2-3,8,10H2,1H3,(H,17,18). The van der Waals surface area contributed by atoms with Crippen LogP contribution in [0, 0.1) is 11.7 Å². The van der Waals surface area contributed by atoms with Crippen LogP contribution in [0.25, 0.3) is 11.3 Å². The Bertz CT molecular complexity index is 551. The lowest BCUT2D eigenvalue weighted by molar-refractivity contribution is 0.442. The van der Waals surface area contributed by atoms with E-state index in [2.05, 4.69) is 22.0 Å². The number of piperidine rings is 1. The number of aromatic amines is 1. The van der Waals surface area contributed by atoms with Gasteiger partial charge in [-0.1, -0.05) is 13.0 Å². The largest absolute Gasteiger partial charge is 0.369 e. The summed E-state index contributed by atoms with van der Waals surface area (Å²) in [6.07, 6.45) is 4.06. The summed E-state index contributed by atoms with van der Waals surface area (Å²) in [4.78, 5) is 2.15. The summed E-state index contributed by atoms with van der Waals surface area (Å²) in [7, 11) is 0. The molecule has 1 fully saturated rings. The third-order valence-corrected chi connectivity index (χ3v) is 3.76. The van der Waals surface area contributed by atoms with Crippen LogP contribution < -0.4 is 4.90 Å². The lowest BCUT2D eigenvalue weighted by Crippen LogP contribution is -2.34. The first-order valence-electron chi connectivity index (χ1n) is 6.78. The lowest BCUT2D eigenvalue weighted by atomic mass is 9.99. The Kier molecular flexibility index (Phi) is 3.23. The minimum absolute atomic E-state index is 0.152. The smallest absolute Gasteiger partial charge is 0.147 e. The molecule has 0 spiro atoms. The zero-order chi connectivity index (χ0) is 13.2. The molecule has 1 aliphatic rings. The van der Waals surface area contributed by atoms with E-state index in [1.54, 1.807) is 12.3 Å². The number of H-pyrrole nitrogens is 1. The molecule has 0 radical (unpaired) electrons. The van der Waals surface area contributed by atoms with Crippen LogP contribution in [-0.4, -0.2) is 23.3 Å². The summed E-state index contributed by atoms with van der Waals surface area (Å²) in [5.41, 5.74) is 2.40. The molecule has 1 N–H and O–H groups in total. The van der Waals surface area contributed by atoms with Crippen molar-refractivity contribution >= 4 is 5.69 Å². The predicted molar refractivity (Wildman–Crippen MR) is 74.6 cm³/mol. The highest BCUT2D eigenvalue weighted by molar-refractivity contribution is 5.63. The molecule has 0 bridgehead atoms. The van der Waals surface area contributed by atoms with Crippen molar-refractivity contribution in [1.82, 2.24) is 10.2 Å². The highest BCUT2D eigenvalue weighted by Crippen LogP contribution is 2.28. The summed E-state index contributed by atoms with van der Waals surface area (Å²) < 4.78 is 14.3. The fourth-order valence-electron chi connectivity index (χ4n) is 2.76. The maximum atomic E-state index is 14.3. The Morgan fingerprint density at radius 1 is 1.37 bits per heavy atom. The fourth-order valence-corrected chi connectivity index (χ4v) is 2.76. The zero-order valence-corrected chi connectivity index (χ0v) is 11.1. The topological polar surface area (TPSA) is 31.9 Å². The summed E-state index contributed by atoms with van der Waals surface area (Å²) in [5, 5.41) is 6.75. The molecule has 19 heavy (non-hydrogen) atoms. The van der Waals surface area contributed by atoms with Crippen LogP contribution in [-0.2, 0) is 0 Å². The number of hydrogen-bond donors (Lipinski definition) is 1. The van der Waals surface area contributed by atoms with Gasteiger partial charge in [0.1, 0.15) is 5.82 Å². The van der Waals surface area contributed by atoms with Crippen molar-refractivity contribution in [2.24, 2.45) is 5.92 Å². The van der Waals surface area contributed by atoms with Gasteiger partial charge in [0, 0.05) is 24.8 Å². The first-order chi connectivity index (χ1) is 9.24. The molecule has 2 aromatic rings. The van der Waals surface area contributed by atoms with E-state index in [0.29, 0.717) is 5.92 Å². The summed E-state index contributed by atoms with van der Waals surface area (Å²) in [6, 6.07) is 7.26. The SMILES string of the molecule is CC1CCCN(c2ccc(-c3ccn[nH]3)cc2F)C1. The third kappa shape index (κ3) is 2.48. The number of halogens is 1. The molecule has 3 rings (SSSR count). The molecule has 1 atom stereocenters. The lowest BCUT2D eigenvalue weighted by Gasteiger charge is -2.33. The molecule has 0 saturated carbocycles. The monoisotopic (exact) mass is 259 g/mol. The van der Waals surface area contributed by atoms with E-state index in [4.69, 9.17) is 0 Å². The number of nitrogens with zero attached hydrogens (tertiary/aromatic N) is 2. The second-order valence-electron chi connectivity index (χ2n) is 5.33. The quantitative estimate of drug-likeness (QED) is 0.895. The van der Waals surface area contributed by atoms with Crippen LogP contribution in [0.15, 0.2) is 30.5 Å². The van der Waals surface area contributed by atoms with Gasteiger partial charge in [0.15, 0.2) is 0 Å². The van der Waals surface area contributed by atoms with Crippen molar-refractivity contribution < 1.29 is 4.39 Å². The van der Waals surface area contributed by atoms with Gasteiger partial charge in [0.25, 0.3) is 0 Å². The molecule has 1 unspecified atom stereocenters. The molecule has 3 nitrogen and oxygen atoms in total. The van der Waals surface area contributed by atoms with E-state index in [0.717, 1.165) is 36.5 Å². The average Bonchev–Trinajstić information content (AvgIpc) is 2.92. The van der Waals surface area contributed by atoms with E-state index in [-0.39, 0.29) is 5.82 Å². The van der Waals surface area contributed by atoms with Crippen LogP contribution in [0.4, 0.5) is 10.1 Å². The maximum absolute atomic E-state index is 14.3. The summed E-state index contributed by atoms with van der Waals surface area (Å²) in [6.45, 7) is 4.12. The molecule has 1 aliphatic heterocycles. The van der Waals surface area contributed by atoms with Gasteiger partial charge in [-0.15, -0.1) is 0 Å². The van der Waals surface area contributed by atoms with Crippen LogP contribution in [0.5, 0.6) is 0 Å². The Balaban J connectivity index is 1.87. The Morgan fingerprint density at radius 3 is 2.95 bits per heavy atom. The van der Waals surface area contributed by atoms with Gasteiger partial charge < -0.3 is 4.90 Å². The van der Waals surface area contributed by atoms with Crippen molar-refractivity contribution in [2.45, 2.75) is 19.8 Å². The second-order valence-corrected chi connectivity index (χ2v) is 5.33. The molecule has 4 heteroatoms. The summed E-state index contributed by atoms with van der Waals surface area (Å²) >= 11 is 0. The first-order valence-corrected chi connectivity index (χ1v) is 6.78. The van der Waals surface area contributed by atoms with E-state index in [1.165, 1.54) is 6.42 Å². The molecule has 1 saturated heterocycles. The first kappa shape index (κ1) is 12.2. The number of anilines is 1. The zero-order valence-electron chi connectivity index (χ0n) is 11.1. The maximum Gasteiger partial charge on any atom is 0.147 e. The summed E-state index contributed by atoms with van der Waals surface area (Å²) in [5.74, 6) is 0.488. The number of benzene rings is 1. The van der Waals surface area contributed by atoms with Crippen molar-refractivity contribution in [3.05, 3.63) is 36.3 Å². The Labute approximate surface area is 112 Å². The van der Waals surface area contributed by atoms with E-state index >= 15 is 0 Å². The van der Waals surface area contributed by atoms with Crippen molar-refractivity contribution in [3.63, 3.8) is 0 Å². The van der Waals surface area contributed by atoms with Crippen molar-refractivity contribution in [2.75, 3.05) is 18.0 Å². The van der Waals surface area contributed by atoms with Gasteiger partial charge >= 0.3 is 0 Å². The number of rotatable bonds is 2. The minimum atomic E-state index is -0.152. The highest BCUT2D eigenvalue weighted by atomic mass is 19.1. The van der Waals surface area contributed by atoms with Crippen LogP contribution in [0.1, 0.15) is 19.8 Å². The number of hydrogen-bond acceptors (Lipinski definition) is 2. The molecule has 1 aromatic heterocycles. The van der Waals surface area contributed by atoms with Gasteiger partial charge in [-0.3, -0.25) is 5.10 Å². The van der Waals surface area contributed by atoms with Gasteiger partial charge in [0.05, 0.1) is 11.4 Å². The van der Waals surface area contributed by atoms with Crippen LogP contribution in [0.3, 0.4) is 0 Å². The van der Waals surface area contributed by atoms with E-state index in [9.17, 15) is 4.39 Å². The fraction of sp³-hybridized carbons (Fsp3) is 0.400. The minimum Gasteiger partial charge on any atom is -0.369 e. The van der Waals surface area contributed by atoms with Gasteiger partial charge in [0.2, 0.25) is 0 Å². The van der Waals surface area contributed by atoms with Gasteiger partial charge in [-0.25, -0.2) is 4.39 Å². The van der Waals surface area contributed by atoms with Crippen molar-refractivity contribution in [1.29, 1.82) is 0 Å². The third-order valence-electron chi connectivity index (χ3n) is 3.76. The normalized spacial score (nSPS) is 19.7. The van der Waals surface area contributed by atoms with E-state index in [1.807, 2.05) is 18.2 Å². The molecule has 0 aliphatic carbocycles. The predicted octanol–water partition coefficient (Wildman–Crippen LogP) is 3.45. The molecule has 1 aromatic carbocycles. The van der Waals surface area contributed by atoms with Gasteiger partial charge in [-0.2, -0.15) is 5.10 Å². The Hall–Kier alpha value is -1.84. The molecular weight excluding hydrogens is 241 g/mol. The van der Waals surface area contributed by atoms with E-state index < -0.39 is 0 Å². The molecule has 0 amide bonds. The number of nitrogens with one attached hydrogen (secondary N) is 1. The van der Waals surface area contributed by atoms with Gasteiger partial charge in [-0.05, 0) is 37.0 Å². The molecular formula is C15H18FN3. The molecule has 2 heterocycles. The Morgan fingerprint density at radius 2 is 2.26 bits per heavy atom. The highest BCUT2D eigenvalue weighted by Gasteiger charge is 2.19. The van der Waals surface area contributed by atoms with Crippen molar-refractivity contribution in [3.8, 4) is 11.3 Å². The average molecular weight is 259 g/mol. The molecule has 100 valence electrons.